The highest BCUT2D eigenvalue weighted by Gasteiger charge is 2.31. The molecule has 0 saturated carbocycles. The Kier molecular flexibility index (Phi) is 7.40. The number of rotatable bonds is 7. The minimum atomic E-state index is -4.34. The van der Waals surface area contributed by atoms with Crippen LogP contribution in [0.2, 0.25) is 5.02 Å². The van der Waals surface area contributed by atoms with Crippen LogP contribution in [0.15, 0.2) is 48.5 Å². The molecule has 3 rings (SSSR count). The number of anilines is 1. The number of nitrogens with zero attached hydrogens (tertiary/aromatic N) is 2. The van der Waals surface area contributed by atoms with Crippen molar-refractivity contribution in [1.82, 2.24) is 4.90 Å². The van der Waals surface area contributed by atoms with Gasteiger partial charge in [0.15, 0.2) is 0 Å². The molecule has 1 atom stereocenters. The normalized spacial score (nSPS) is 16.8. The van der Waals surface area contributed by atoms with Crippen LogP contribution < -0.4 is 4.90 Å². The van der Waals surface area contributed by atoms with E-state index in [1.165, 1.54) is 12.1 Å². The van der Waals surface area contributed by atoms with Gasteiger partial charge in [-0.2, -0.15) is 13.2 Å². The summed E-state index contributed by atoms with van der Waals surface area (Å²) in [5.41, 5.74) is 0.808. The van der Waals surface area contributed by atoms with Crippen molar-refractivity contribution < 1.29 is 23.0 Å². The molecule has 29 heavy (non-hydrogen) atoms. The number of hydrogen-bond acceptors (Lipinski definition) is 4. The zero-order chi connectivity index (χ0) is 20.9. The molecule has 0 bridgehead atoms. The molecule has 0 aromatic heterocycles. The summed E-state index contributed by atoms with van der Waals surface area (Å²) in [5.74, 6) is 0. The van der Waals surface area contributed by atoms with E-state index < -0.39 is 17.8 Å². The fourth-order valence-electron chi connectivity index (χ4n) is 3.34. The Morgan fingerprint density at radius 3 is 2.45 bits per heavy atom. The fraction of sp³-hybridized carbons (Fsp3) is 0.429. The van der Waals surface area contributed by atoms with Crippen molar-refractivity contribution in [1.29, 1.82) is 0 Å². The van der Waals surface area contributed by atoms with Crippen LogP contribution in [-0.4, -0.2) is 55.4 Å². The zero-order valence-electron chi connectivity index (χ0n) is 15.9. The molecule has 8 heteroatoms. The van der Waals surface area contributed by atoms with E-state index in [2.05, 4.69) is 4.90 Å². The smallest absolute Gasteiger partial charge is 0.389 e. The summed E-state index contributed by atoms with van der Waals surface area (Å²) in [7, 11) is 0. The summed E-state index contributed by atoms with van der Waals surface area (Å²) >= 11 is 6.08. The zero-order valence-corrected chi connectivity index (χ0v) is 16.7. The highest BCUT2D eigenvalue weighted by molar-refractivity contribution is 6.31. The third-order valence-electron chi connectivity index (χ3n) is 4.91. The lowest BCUT2D eigenvalue weighted by atomic mass is 10.1. The molecular weight excluding hydrogens is 405 g/mol. The Balaban J connectivity index is 1.42. The van der Waals surface area contributed by atoms with Crippen molar-refractivity contribution in [3.05, 3.63) is 64.7 Å². The average Bonchev–Trinajstić information content (AvgIpc) is 2.69. The number of hydrogen-bond donors (Lipinski definition) is 1. The maximum Gasteiger partial charge on any atom is 0.416 e. The van der Waals surface area contributed by atoms with E-state index in [0.29, 0.717) is 50.0 Å². The van der Waals surface area contributed by atoms with Crippen molar-refractivity contribution in [3.63, 3.8) is 0 Å². The third-order valence-corrected chi connectivity index (χ3v) is 5.27. The second-order valence-electron chi connectivity index (χ2n) is 7.10. The molecule has 0 aliphatic carbocycles. The number of aliphatic hydroxyl groups excluding tert-OH is 1. The molecular formula is C21H24ClF3N2O2. The number of piperazine rings is 1. The lowest BCUT2D eigenvalue weighted by Crippen LogP contribution is -2.49. The van der Waals surface area contributed by atoms with Gasteiger partial charge >= 0.3 is 6.18 Å². The van der Waals surface area contributed by atoms with Crippen LogP contribution in [0.3, 0.4) is 0 Å². The number of halogens is 4. The standard InChI is InChI=1S/C21H24ClF3N2O2/c22-20-7-2-1-4-16(20)14-29-15-19(28)13-26-8-10-27(11-9-26)18-6-3-5-17(12-18)21(23,24)25/h1-7,12,19,28H,8-11,13-15H2. The minimum Gasteiger partial charge on any atom is -0.389 e. The summed E-state index contributed by atoms with van der Waals surface area (Å²) in [4.78, 5) is 4.03. The van der Waals surface area contributed by atoms with E-state index in [0.717, 1.165) is 11.6 Å². The minimum absolute atomic E-state index is 0.194. The Morgan fingerprint density at radius 1 is 1.03 bits per heavy atom. The van der Waals surface area contributed by atoms with E-state index in [4.69, 9.17) is 16.3 Å². The molecule has 0 amide bonds. The van der Waals surface area contributed by atoms with Gasteiger partial charge in [-0.1, -0.05) is 35.9 Å². The summed E-state index contributed by atoms with van der Waals surface area (Å²) < 4.78 is 44.3. The van der Waals surface area contributed by atoms with E-state index in [1.54, 1.807) is 12.1 Å². The van der Waals surface area contributed by atoms with E-state index in [9.17, 15) is 18.3 Å². The number of ether oxygens (including phenoxy) is 1. The number of β-amino-alcohol motifs (C(OH)–C–C–N with tert-alkyl or cyclic N) is 1. The van der Waals surface area contributed by atoms with E-state index in [1.807, 2.05) is 23.1 Å². The quantitative estimate of drug-likeness (QED) is 0.721. The second-order valence-corrected chi connectivity index (χ2v) is 7.50. The Labute approximate surface area is 173 Å². The van der Waals surface area contributed by atoms with Gasteiger partial charge in [0.05, 0.1) is 24.9 Å². The van der Waals surface area contributed by atoms with Crippen molar-refractivity contribution in [3.8, 4) is 0 Å². The maximum atomic E-state index is 12.9. The molecule has 4 nitrogen and oxygen atoms in total. The Hall–Kier alpha value is -1.80. The van der Waals surface area contributed by atoms with E-state index in [-0.39, 0.29) is 6.61 Å². The van der Waals surface area contributed by atoms with Gasteiger partial charge in [0.1, 0.15) is 0 Å². The topological polar surface area (TPSA) is 35.9 Å². The molecule has 2 aromatic rings. The van der Waals surface area contributed by atoms with Crippen LogP contribution in [-0.2, 0) is 17.5 Å². The first-order valence-corrected chi connectivity index (χ1v) is 9.84. The Morgan fingerprint density at radius 2 is 1.76 bits per heavy atom. The SMILES string of the molecule is OC(COCc1ccccc1Cl)CN1CCN(c2cccc(C(F)(F)F)c2)CC1. The van der Waals surface area contributed by atoms with Gasteiger partial charge in [-0.3, -0.25) is 4.90 Å². The van der Waals surface area contributed by atoms with Gasteiger partial charge < -0.3 is 14.7 Å². The summed E-state index contributed by atoms with van der Waals surface area (Å²) in [6.45, 7) is 3.52. The number of benzene rings is 2. The van der Waals surface area contributed by atoms with Gasteiger partial charge in [0.25, 0.3) is 0 Å². The average molecular weight is 429 g/mol. The highest BCUT2D eigenvalue weighted by Crippen LogP contribution is 2.31. The lowest BCUT2D eigenvalue weighted by molar-refractivity contribution is -0.137. The molecule has 0 radical (unpaired) electrons. The lowest BCUT2D eigenvalue weighted by Gasteiger charge is -2.37. The van der Waals surface area contributed by atoms with E-state index >= 15 is 0 Å². The summed E-state index contributed by atoms with van der Waals surface area (Å²) in [5, 5.41) is 10.9. The van der Waals surface area contributed by atoms with Crippen molar-refractivity contribution in [2.75, 3.05) is 44.2 Å². The highest BCUT2D eigenvalue weighted by atomic mass is 35.5. The fourth-order valence-corrected chi connectivity index (χ4v) is 3.53. The molecule has 1 heterocycles. The van der Waals surface area contributed by atoms with Gasteiger partial charge in [-0.25, -0.2) is 0 Å². The molecule has 1 aliphatic rings. The third kappa shape index (κ3) is 6.34. The predicted octanol–water partition coefficient (Wildman–Crippen LogP) is 4.06. The van der Waals surface area contributed by atoms with Crippen molar-refractivity contribution in [2.45, 2.75) is 18.9 Å². The first-order valence-electron chi connectivity index (χ1n) is 9.46. The monoisotopic (exact) mass is 428 g/mol. The van der Waals surface area contributed by atoms with Gasteiger partial charge in [0, 0.05) is 43.4 Å². The van der Waals surface area contributed by atoms with Crippen molar-refractivity contribution in [2.24, 2.45) is 0 Å². The molecule has 1 N–H and O–H groups in total. The summed E-state index contributed by atoms with van der Waals surface area (Å²) in [6, 6.07) is 12.8. The van der Waals surface area contributed by atoms with Gasteiger partial charge in [-0.15, -0.1) is 0 Å². The number of aliphatic hydroxyl groups is 1. The van der Waals surface area contributed by atoms with Gasteiger partial charge in [0.2, 0.25) is 0 Å². The largest absolute Gasteiger partial charge is 0.416 e. The molecule has 1 saturated heterocycles. The molecule has 1 unspecified atom stereocenters. The molecule has 1 aliphatic heterocycles. The number of alkyl halides is 3. The van der Waals surface area contributed by atoms with Crippen molar-refractivity contribution >= 4 is 17.3 Å². The second kappa shape index (κ2) is 9.80. The predicted molar refractivity (Wildman–Crippen MR) is 107 cm³/mol. The van der Waals surface area contributed by atoms with Crippen LogP contribution in [0, 0.1) is 0 Å². The Bertz CT molecular complexity index is 795. The van der Waals surface area contributed by atoms with Crippen LogP contribution in [0.4, 0.5) is 18.9 Å². The maximum absolute atomic E-state index is 12.9. The van der Waals surface area contributed by atoms with Gasteiger partial charge in [-0.05, 0) is 29.8 Å². The summed E-state index contributed by atoms with van der Waals surface area (Å²) in [6.07, 6.45) is -4.98. The van der Waals surface area contributed by atoms with Crippen LogP contribution in [0.25, 0.3) is 0 Å². The molecule has 158 valence electrons. The molecule has 1 fully saturated rings. The van der Waals surface area contributed by atoms with Crippen LogP contribution >= 0.6 is 11.6 Å². The first-order chi connectivity index (χ1) is 13.8. The van der Waals surface area contributed by atoms with Crippen LogP contribution in [0.5, 0.6) is 0 Å². The molecule has 0 spiro atoms. The van der Waals surface area contributed by atoms with Crippen LogP contribution in [0.1, 0.15) is 11.1 Å². The first kappa shape index (κ1) is 21.9. The molecule has 2 aromatic carbocycles.